The van der Waals surface area contributed by atoms with Crippen molar-refractivity contribution in [3.63, 3.8) is 0 Å². The monoisotopic (exact) mass is 219 g/mol. The standard InChI is InChI=1S/C10H13N5O/c1-5-10(11)6(2)15(14-5)8-4-9(16)13-7(3)12-8/h4H,11H2,1-3H3,(H,12,13,16). The summed E-state index contributed by atoms with van der Waals surface area (Å²) in [6.45, 7) is 5.38. The van der Waals surface area contributed by atoms with Gasteiger partial charge in [0.05, 0.1) is 17.1 Å². The molecule has 84 valence electrons. The number of aromatic nitrogens is 4. The molecule has 16 heavy (non-hydrogen) atoms. The number of nitrogen functional groups attached to an aromatic ring is 1. The smallest absolute Gasteiger partial charge is 0.253 e. The molecule has 0 saturated heterocycles. The van der Waals surface area contributed by atoms with E-state index in [2.05, 4.69) is 15.1 Å². The van der Waals surface area contributed by atoms with Crippen LogP contribution in [0.5, 0.6) is 0 Å². The topological polar surface area (TPSA) is 89.6 Å². The van der Waals surface area contributed by atoms with E-state index < -0.39 is 0 Å². The largest absolute Gasteiger partial charge is 0.396 e. The average Bonchev–Trinajstić information content (AvgIpc) is 2.44. The van der Waals surface area contributed by atoms with Gasteiger partial charge in [-0.15, -0.1) is 0 Å². The normalized spacial score (nSPS) is 10.7. The Morgan fingerprint density at radius 1 is 1.38 bits per heavy atom. The molecule has 6 nitrogen and oxygen atoms in total. The first kappa shape index (κ1) is 10.4. The molecule has 2 aromatic rings. The highest BCUT2D eigenvalue weighted by molar-refractivity contribution is 5.49. The Morgan fingerprint density at radius 2 is 2.06 bits per heavy atom. The molecule has 0 fully saturated rings. The number of aromatic amines is 1. The van der Waals surface area contributed by atoms with Crippen molar-refractivity contribution in [1.82, 2.24) is 19.7 Å². The van der Waals surface area contributed by atoms with Crippen LogP contribution in [0.1, 0.15) is 17.2 Å². The Kier molecular flexibility index (Phi) is 2.26. The molecule has 0 aliphatic carbocycles. The van der Waals surface area contributed by atoms with Crippen LogP contribution in [-0.4, -0.2) is 19.7 Å². The Labute approximate surface area is 92.1 Å². The van der Waals surface area contributed by atoms with Crippen LogP contribution in [0.4, 0.5) is 5.69 Å². The average molecular weight is 219 g/mol. The second kappa shape index (κ2) is 3.48. The van der Waals surface area contributed by atoms with Gasteiger partial charge in [-0.3, -0.25) is 4.79 Å². The quantitative estimate of drug-likeness (QED) is 0.729. The number of rotatable bonds is 1. The van der Waals surface area contributed by atoms with Crippen LogP contribution < -0.4 is 11.3 Å². The lowest BCUT2D eigenvalue weighted by Gasteiger charge is -2.03. The summed E-state index contributed by atoms with van der Waals surface area (Å²) < 4.78 is 1.58. The summed E-state index contributed by atoms with van der Waals surface area (Å²) in [6.07, 6.45) is 0. The van der Waals surface area contributed by atoms with Crippen LogP contribution in [0.3, 0.4) is 0 Å². The van der Waals surface area contributed by atoms with Crippen LogP contribution in [0.15, 0.2) is 10.9 Å². The molecule has 3 N–H and O–H groups in total. The minimum absolute atomic E-state index is 0.200. The predicted molar refractivity (Wildman–Crippen MR) is 60.6 cm³/mol. The van der Waals surface area contributed by atoms with Gasteiger partial charge in [0, 0.05) is 6.07 Å². The number of nitrogens with one attached hydrogen (secondary N) is 1. The maximum atomic E-state index is 11.3. The summed E-state index contributed by atoms with van der Waals surface area (Å²) in [4.78, 5) is 18.1. The summed E-state index contributed by atoms with van der Waals surface area (Å²) in [5, 5.41) is 4.24. The second-order valence-electron chi connectivity index (χ2n) is 3.69. The van der Waals surface area contributed by atoms with E-state index in [9.17, 15) is 4.79 Å². The number of hydrogen-bond donors (Lipinski definition) is 2. The summed E-state index contributed by atoms with van der Waals surface area (Å²) >= 11 is 0. The van der Waals surface area contributed by atoms with Crippen LogP contribution in [-0.2, 0) is 0 Å². The third-order valence-corrected chi connectivity index (χ3v) is 2.41. The lowest BCUT2D eigenvalue weighted by atomic mass is 10.3. The molecule has 0 aliphatic heterocycles. The molecule has 0 aromatic carbocycles. The maximum absolute atomic E-state index is 11.3. The zero-order valence-electron chi connectivity index (χ0n) is 9.40. The number of H-pyrrole nitrogens is 1. The number of nitrogens with two attached hydrogens (primary N) is 1. The van der Waals surface area contributed by atoms with Crippen LogP contribution in [0.2, 0.25) is 0 Å². The Bertz CT molecular complexity index is 596. The van der Waals surface area contributed by atoms with Crippen molar-refractivity contribution < 1.29 is 0 Å². The third-order valence-electron chi connectivity index (χ3n) is 2.41. The van der Waals surface area contributed by atoms with E-state index in [0.717, 1.165) is 11.4 Å². The summed E-state index contributed by atoms with van der Waals surface area (Å²) in [5.41, 5.74) is 7.76. The van der Waals surface area contributed by atoms with Crippen molar-refractivity contribution in [2.24, 2.45) is 0 Å². The molecular weight excluding hydrogens is 206 g/mol. The third kappa shape index (κ3) is 1.58. The first-order valence-electron chi connectivity index (χ1n) is 4.89. The molecule has 0 bridgehead atoms. The van der Waals surface area contributed by atoms with Crippen LogP contribution in [0.25, 0.3) is 5.82 Å². The fourth-order valence-corrected chi connectivity index (χ4v) is 1.55. The summed E-state index contributed by atoms with van der Waals surface area (Å²) in [5.74, 6) is 1.03. The van der Waals surface area contributed by atoms with Crippen molar-refractivity contribution in [2.45, 2.75) is 20.8 Å². The van der Waals surface area contributed by atoms with E-state index in [-0.39, 0.29) is 5.56 Å². The molecule has 0 radical (unpaired) electrons. The van der Waals surface area contributed by atoms with E-state index in [1.165, 1.54) is 6.07 Å². The lowest BCUT2D eigenvalue weighted by molar-refractivity contribution is 0.789. The number of hydrogen-bond acceptors (Lipinski definition) is 4. The molecule has 0 amide bonds. The van der Waals surface area contributed by atoms with Gasteiger partial charge in [0.15, 0.2) is 5.82 Å². The Morgan fingerprint density at radius 3 is 2.56 bits per heavy atom. The highest BCUT2D eigenvalue weighted by Gasteiger charge is 2.11. The molecule has 0 saturated carbocycles. The SMILES string of the molecule is Cc1nc(-n2nc(C)c(N)c2C)cc(=O)[nH]1. The van der Waals surface area contributed by atoms with E-state index in [1.807, 2.05) is 13.8 Å². The summed E-state index contributed by atoms with van der Waals surface area (Å²) in [7, 11) is 0. The first-order valence-corrected chi connectivity index (χ1v) is 4.89. The Balaban J connectivity index is 2.67. The first-order chi connectivity index (χ1) is 7.49. The van der Waals surface area contributed by atoms with Gasteiger partial charge in [0.25, 0.3) is 5.56 Å². The summed E-state index contributed by atoms with van der Waals surface area (Å²) in [6, 6.07) is 1.39. The number of aryl methyl sites for hydroxylation is 2. The molecular formula is C10H13N5O. The second-order valence-corrected chi connectivity index (χ2v) is 3.69. The zero-order chi connectivity index (χ0) is 11.9. The van der Waals surface area contributed by atoms with Crippen molar-refractivity contribution in [1.29, 1.82) is 0 Å². The van der Waals surface area contributed by atoms with Gasteiger partial charge in [-0.2, -0.15) is 5.10 Å². The highest BCUT2D eigenvalue weighted by atomic mass is 16.1. The van der Waals surface area contributed by atoms with Crippen molar-refractivity contribution in [2.75, 3.05) is 5.73 Å². The lowest BCUT2D eigenvalue weighted by Crippen LogP contribution is -2.13. The van der Waals surface area contributed by atoms with Crippen LogP contribution in [0, 0.1) is 20.8 Å². The molecule has 0 unspecified atom stereocenters. The van der Waals surface area contributed by atoms with E-state index in [4.69, 9.17) is 5.73 Å². The van der Waals surface area contributed by atoms with Crippen LogP contribution >= 0.6 is 0 Å². The van der Waals surface area contributed by atoms with Gasteiger partial charge in [-0.1, -0.05) is 0 Å². The van der Waals surface area contributed by atoms with Crippen molar-refractivity contribution >= 4 is 5.69 Å². The van der Waals surface area contributed by atoms with Gasteiger partial charge >= 0.3 is 0 Å². The van der Waals surface area contributed by atoms with Gasteiger partial charge < -0.3 is 10.7 Å². The van der Waals surface area contributed by atoms with Gasteiger partial charge in [-0.25, -0.2) is 9.67 Å². The van der Waals surface area contributed by atoms with Gasteiger partial charge in [-0.05, 0) is 20.8 Å². The van der Waals surface area contributed by atoms with Gasteiger partial charge in [0.1, 0.15) is 5.82 Å². The van der Waals surface area contributed by atoms with Crippen molar-refractivity contribution in [3.05, 3.63) is 33.6 Å². The maximum Gasteiger partial charge on any atom is 0.253 e. The van der Waals surface area contributed by atoms with Gasteiger partial charge in [0.2, 0.25) is 0 Å². The number of anilines is 1. The molecule has 0 spiro atoms. The minimum atomic E-state index is -0.200. The molecule has 2 rings (SSSR count). The predicted octanol–water partition coefficient (Wildman–Crippen LogP) is 0.463. The fourth-order valence-electron chi connectivity index (χ4n) is 1.55. The molecule has 0 aliphatic rings. The Hall–Kier alpha value is -2.11. The zero-order valence-corrected chi connectivity index (χ0v) is 9.40. The number of nitrogens with zero attached hydrogens (tertiary/aromatic N) is 3. The highest BCUT2D eigenvalue weighted by Crippen LogP contribution is 2.17. The van der Waals surface area contributed by atoms with E-state index in [0.29, 0.717) is 17.3 Å². The van der Waals surface area contributed by atoms with E-state index >= 15 is 0 Å². The molecule has 6 heteroatoms. The van der Waals surface area contributed by atoms with Crippen molar-refractivity contribution in [3.8, 4) is 5.82 Å². The minimum Gasteiger partial charge on any atom is -0.396 e. The van der Waals surface area contributed by atoms with E-state index in [1.54, 1.807) is 11.6 Å². The molecule has 2 aromatic heterocycles. The molecule has 0 atom stereocenters. The molecule has 2 heterocycles. The fraction of sp³-hybridized carbons (Fsp3) is 0.300.